The summed E-state index contributed by atoms with van der Waals surface area (Å²) in [6, 6.07) is 12.7. The largest absolute Gasteiger partial charge is 0.324 e. The van der Waals surface area contributed by atoms with Crippen molar-refractivity contribution in [3.63, 3.8) is 0 Å². The van der Waals surface area contributed by atoms with E-state index >= 15 is 0 Å². The highest BCUT2D eigenvalue weighted by Crippen LogP contribution is 2.23. The van der Waals surface area contributed by atoms with E-state index in [0.717, 1.165) is 23.6 Å². The average Bonchev–Trinajstić information content (AvgIpc) is 2.52. The molecule has 3 N–H and O–H groups in total. The third-order valence-electron chi connectivity index (χ3n) is 4.06. The molecule has 5 heteroatoms. The van der Waals surface area contributed by atoms with Crippen molar-refractivity contribution in [3.8, 4) is 0 Å². The Morgan fingerprint density at radius 2 is 1.67 bits per heavy atom. The number of nitrogens with two attached hydrogens (primary N) is 1. The van der Waals surface area contributed by atoms with Crippen LogP contribution in [0.5, 0.6) is 0 Å². The molecule has 0 aliphatic carbocycles. The second-order valence-corrected chi connectivity index (χ2v) is 7.11. The lowest BCUT2D eigenvalue weighted by Gasteiger charge is -2.26. The highest BCUT2D eigenvalue weighted by Gasteiger charge is 2.24. The average molecular weight is 306 g/mol. The third-order valence-corrected chi connectivity index (χ3v) is 5.52. The second kappa shape index (κ2) is 6.13. The highest BCUT2D eigenvalue weighted by atomic mass is 32.2. The van der Waals surface area contributed by atoms with Crippen molar-refractivity contribution >= 4 is 20.8 Å². The molecule has 0 radical (unpaired) electrons. The van der Waals surface area contributed by atoms with Gasteiger partial charge >= 0.3 is 0 Å². The Balaban J connectivity index is 2.35. The number of hydrogen-bond acceptors (Lipinski definition) is 3. The lowest BCUT2D eigenvalue weighted by atomic mass is 9.95. The molecule has 0 amide bonds. The molecule has 0 aromatic heterocycles. The molecule has 0 aliphatic heterocycles. The molecule has 0 saturated heterocycles. The molecular formula is C16H22N2O2S. The van der Waals surface area contributed by atoms with Gasteiger partial charge in [-0.15, -0.1) is 0 Å². The first-order valence-corrected chi connectivity index (χ1v) is 8.66. The minimum atomic E-state index is -3.57. The lowest BCUT2D eigenvalue weighted by Crippen LogP contribution is -2.49. The molecular weight excluding hydrogens is 284 g/mol. The maximum absolute atomic E-state index is 12.6. The normalized spacial score (nSPS) is 12.7. The fourth-order valence-corrected chi connectivity index (χ4v) is 3.61. The summed E-state index contributed by atoms with van der Waals surface area (Å²) in [7, 11) is -3.57. The quantitative estimate of drug-likeness (QED) is 0.861. The summed E-state index contributed by atoms with van der Waals surface area (Å²) in [6.45, 7) is 4.18. The smallest absolute Gasteiger partial charge is 0.241 e. The predicted octanol–water partition coefficient (Wildman–Crippen LogP) is 2.64. The van der Waals surface area contributed by atoms with Crippen LogP contribution in [0.4, 0.5) is 0 Å². The van der Waals surface area contributed by atoms with E-state index in [0.29, 0.717) is 4.90 Å². The van der Waals surface area contributed by atoms with Crippen LogP contribution in [-0.2, 0) is 10.0 Å². The van der Waals surface area contributed by atoms with Crippen molar-refractivity contribution in [2.24, 2.45) is 5.73 Å². The van der Waals surface area contributed by atoms with Crippen LogP contribution in [-0.4, -0.2) is 20.5 Å². The van der Waals surface area contributed by atoms with Crippen molar-refractivity contribution in [2.45, 2.75) is 37.1 Å². The van der Waals surface area contributed by atoms with Gasteiger partial charge in [0.15, 0.2) is 0 Å². The molecule has 0 bridgehead atoms. The van der Waals surface area contributed by atoms with E-state index in [2.05, 4.69) is 4.72 Å². The Hall–Kier alpha value is -1.43. The second-order valence-electron chi connectivity index (χ2n) is 5.37. The van der Waals surface area contributed by atoms with Gasteiger partial charge in [0.1, 0.15) is 0 Å². The Kier molecular flexibility index (Phi) is 4.66. The van der Waals surface area contributed by atoms with Crippen LogP contribution in [0.15, 0.2) is 47.4 Å². The molecule has 0 spiro atoms. The van der Waals surface area contributed by atoms with Gasteiger partial charge in [0.05, 0.1) is 4.90 Å². The van der Waals surface area contributed by atoms with Gasteiger partial charge in [-0.05, 0) is 24.3 Å². The van der Waals surface area contributed by atoms with Gasteiger partial charge in [-0.3, -0.25) is 0 Å². The predicted molar refractivity (Wildman–Crippen MR) is 86.6 cm³/mol. The van der Waals surface area contributed by atoms with E-state index in [1.165, 1.54) is 0 Å². The summed E-state index contributed by atoms with van der Waals surface area (Å²) in [5.41, 5.74) is 5.67. The van der Waals surface area contributed by atoms with E-state index in [4.69, 9.17) is 5.73 Å². The van der Waals surface area contributed by atoms with Gasteiger partial charge in [0.25, 0.3) is 0 Å². The maximum Gasteiger partial charge on any atom is 0.241 e. The number of fused-ring (bicyclic) bond motifs is 1. The van der Waals surface area contributed by atoms with Gasteiger partial charge < -0.3 is 5.73 Å². The van der Waals surface area contributed by atoms with Gasteiger partial charge in [-0.2, -0.15) is 0 Å². The molecule has 0 fully saturated rings. The molecule has 114 valence electrons. The summed E-state index contributed by atoms with van der Waals surface area (Å²) in [4.78, 5) is 0.301. The van der Waals surface area contributed by atoms with E-state index in [1.54, 1.807) is 12.1 Å². The Bertz CT molecular complexity index is 717. The molecule has 0 saturated carbocycles. The number of sulfonamides is 1. The van der Waals surface area contributed by atoms with Crippen LogP contribution < -0.4 is 10.5 Å². The molecule has 0 aliphatic rings. The summed E-state index contributed by atoms with van der Waals surface area (Å²) >= 11 is 0. The molecule has 4 nitrogen and oxygen atoms in total. The lowest BCUT2D eigenvalue weighted by molar-refractivity contribution is 0.392. The summed E-state index contributed by atoms with van der Waals surface area (Å²) in [5, 5.41) is 1.63. The Morgan fingerprint density at radius 1 is 1.05 bits per heavy atom. The fraction of sp³-hybridized carbons (Fsp3) is 0.375. The minimum Gasteiger partial charge on any atom is -0.324 e. The van der Waals surface area contributed by atoms with E-state index < -0.39 is 15.6 Å². The number of nitrogens with one attached hydrogen (secondary N) is 1. The van der Waals surface area contributed by atoms with Crippen molar-refractivity contribution < 1.29 is 8.42 Å². The molecule has 0 heterocycles. The van der Waals surface area contributed by atoms with Crippen LogP contribution in [0.1, 0.15) is 26.7 Å². The topological polar surface area (TPSA) is 72.2 Å². The van der Waals surface area contributed by atoms with Gasteiger partial charge in [0, 0.05) is 17.5 Å². The van der Waals surface area contributed by atoms with E-state index in [1.807, 2.05) is 44.2 Å². The summed E-state index contributed by atoms with van der Waals surface area (Å²) in [6.07, 6.45) is 1.45. The van der Waals surface area contributed by atoms with Gasteiger partial charge in [-0.1, -0.05) is 50.2 Å². The van der Waals surface area contributed by atoms with E-state index in [-0.39, 0.29) is 6.54 Å². The van der Waals surface area contributed by atoms with Crippen LogP contribution >= 0.6 is 0 Å². The Morgan fingerprint density at radius 3 is 2.33 bits per heavy atom. The zero-order valence-electron chi connectivity index (χ0n) is 12.5. The molecule has 21 heavy (non-hydrogen) atoms. The molecule has 0 unspecified atom stereocenters. The minimum absolute atomic E-state index is 0.242. The SMILES string of the molecule is CCC(N)(CC)CNS(=O)(=O)c1cccc2ccccc12. The number of hydrogen-bond donors (Lipinski definition) is 2. The summed E-state index contributed by atoms with van der Waals surface area (Å²) < 4.78 is 27.8. The monoisotopic (exact) mass is 306 g/mol. The molecule has 2 aromatic carbocycles. The first-order valence-electron chi connectivity index (χ1n) is 7.18. The first kappa shape index (κ1) is 15.9. The zero-order chi connectivity index (χ0) is 15.5. The number of rotatable bonds is 6. The zero-order valence-corrected chi connectivity index (χ0v) is 13.3. The highest BCUT2D eigenvalue weighted by molar-refractivity contribution is 7.89. The van der Waals surface area contributed by atoms with Crippen LogP contribution in [0, 0.1) is 0 Å². The molecule has 2 aromatic rings. The molecule has 0 atom stereocenters. The van der Waals surface area contributed by atoms with Gasteiger partial charge in [0.2, 0.25) is 10.0 Å². The van der Waals surface area contributed by atoms with Crippen molar-refractivity contribution in [2.75, 3.05) is 6.54 Å². The van der Waals surface area contributed by atoms with Crippen molar-refractivity contribution in [1.82, 2.24) is 4.72 Å². The third kappa shape index (κ3) is 3.43. The van der Waals surface area contributed by atoms with Crippen LogP contribution in [0.2, 0.25) is 0 Å². The van der Waals surface area contributed by atoms with Crippen molar-refractivity contribution in [1.29, 1.82) is 0 Å². The van der Waals surface area contributed by atoms with Crippen LogP contribution in [0.3, 0.4) is 0 Å². The Labute approximate surface area is 126 Å². The molecule has 2 rings (SSSR count). The maximum atomic E-state index is 12.6. The van der Waals surface area contributed by atoms with Gasteiger partial charge in [-0.25, -0.2) is 13.1 Å². The van der Waals surface area contributed by atoms with E-state index in [9.17, 15) is 8.42 Å². The van der Waals surface area contributed by atoms with Crippen LogP contribution in [0.25, 0.3) is 10.8 Å². The number of benzene rings is 2. The fourth-order valence-electron chi connectivity index (χ4n) is 2.25. The summed E-state index contributed by atoms with van der Waals surface area (Å²) in [5.74, 6) is 0. The van der Waals surface area contributed by atoms with Crippen molar-refractivity contribution in [3.05, 3.63) is 42.5 Å². The standard InChI is InChI=1S/C16H22N2O2S/c1-3-16(17,4-2)12-18-21(19,20)15-11-7-9-13-8-5-6-10-14(13)15/h5-11,18H,3-4,12,17H2,1-2H3. The first-order chi connectivity index (χ1) is 9.92.